The summed E-state index contributed by atoms with van der Waals surface area (Å²) in [6.07, 6.45) is 1.71. The number of benzene rings is 1. The minimum absolute atomic E-state index is 0.154. The fraction of sp³-hybridized carbons (Fsp3) is 0.368. The fourth-order valence-electron chi connectivity index (χ4n) is 3.43. The lowest BCUT2D eigenvalue weighted by atomic mass is 10.0. The minimum Gasteiger partial charge on any atom is -0.376 e. The third kappa shape index (κ3) is 3.63. The molecule has 27 heavy (non-hydrogen) atoms. The zero-order valence-corrected chi connectivity index (χ0v) is 14.6. The Kier molecular flexibility index (Phi) is 4.75. The van der Waals surface area contributed by atoms with Gasteiger partial charge in [0.1, 0.15) is 18.0 Å². The summed E-state index contributed by atoms with van der Waals surface area (Å²) in [5, 5.41) is 0. The lowest BCUT2D eigenvalue weighted by Crippen LogP contribution is -2.61. The molecule has 0 N–H and O–H groups in total. The molecule has 0 aliphatic carbocycles. The Hall–Kier alpha value is -2.58. The van der Waals surface area contributed by atoms with Gasteiger partial charge >= 0.3 is 0 Å². The maximum atomic E-state index is 13.7. The van der Waals surface area contributed by atoms with Crippen LogP contribution in [0.2, 0.25) is 0 Å². The molecule has 2 saturated heterocycles. The highest BCUT2D eigenvalue weighted by molar-refractivity contribution is 5.95. The van der Waals surface area contributed by atoms with E-state index in [4.69, 9.17) is 9.47 Å². The predicted molar refractivity (Wildman–Crippen MR) is 94.7 cm³/mol. The molecule has 2 aliphatic rings. The summed E-state index contributed by atoms with van der Waals surface area (Å²) >= 11 is 0. The zero-order chi connectivity index (χ0) is 18.9. The van der Waals surface area contributed by atoms with Crippen LogP contribution in [-0.4, -0.2) is 55.9 Å². The average Bonchev–Trinajstić information content (AvgIpc) is 2.90. The molecule has 1 aromatic heterocycles. The van der Waals surface area contributed by atoms with Crippen molar-refractivity contribution in [3.05, 3.63) is 54.2 Å². The van der Waals surface area contributed by atoms with Crippen molar-refractivity contribution in [3.63, 3.8) is 0 Å². The Balaban J connectivity index is 1.61. The second kappa shape index (κ2) is 7.21. The number of carbonyl (C=O) groups is 1. The van der Waals surface area contributed by atoms with E-state index in [2.05, 4.69) is 4.98 Å². The second-order valence-electron chi connectivity index (χ2n) is 6.71. The number of morpholine rings is 1. The van der Waals surface area contributed by atoms with Crippen LogP contribution >= 0.6 is 0 Å². The SMILES string of the molecule is O=C1COC2(COCCN(c3ccccn3)C2)CN1c1ccc(F)c(F)c1. The largest absolute Gasteiger partial charge is 0.376 e. The van der Waals surface area contributed by atoms with Gasteiger partial charge in [0.15, 0.2) is 11.6 Å². The first-order chi connectivity index (χ1) is 13.1. The number of carbonyl (C=O) groups excluding carboxylic acids is 1. The van der Waals surface area contributed by atoms with Crippen LogP contribution in [0.3, 0.4) is 0 Å². The molecule has 1 amide bonds. The summed E-state index contributed by atoms with van der Waals surface area (Å²) < 4.78 is 38.6. The zero-order valence-electron chi connectivity index (χ0n) is 14.6. The van der Waals surface area contributed by atoms with Gasteiger partial charge in [-0.25, -0.2) is 13.8 Å². The summed E-state index contributed by atoms with van der Waals surface area (Å²) in [7, 11) is 0. The molecule has 2 aliphatic heterocycles. The maximum Gasteiger partial charge on any atom is 0.253 e. The molecule has 1 unspecified atom stereocenters. The van der Waals surface area contributed by atoms with E-state index in [1.807, 2.05) is 23.1 Å². The molecule has 2 fully saturated rings. The molecule has 1 atom stereocenters. The van der Waals surface area contributed by atoms with Gasteiger partial charge in [-0.15, -0.1) is 0 Å². The van der Waals surface area contributed by atoms with Crippen molar-refractivity contribution in [1.82, 2.24) is 4.98 Å². The third-order valence-corrected chi connectivity index (χ3v) is 4.79. The highest BCUT2D eigenvalue weighted by Crippen LogP contribution is 2.29. The van der Waals surface area contributed by atoms with Gasteiger partial charge in [-0.2, -0.15) is 0 Å². The molecule has 4 rings (SSSR count). The van der Waals surface area contributed by atoms with Gasteiger partial charge in [-0.05, 0) is 24.3 Å². The van der Waals surface area contributed by atoms with Crippen LogP contribution in [0, 0.1) is 11.6 Å². The van der Waals surface area contributed by atoms with Crippen LogP contribution in [0.1, 0.15) is 0 Å². The van der Waals surface area contributed by atoms with Crippen LogP contribution < -0.4 is 9.80 Å². The number of nitrogens with zero attached hydrogens (tertiary/aromatic N) is 3. The number of pyridine rings is 1. The maximum absolute atomic E-state index is 13.7. The Morgan fingerprint density at radius 1 is 1.11 bits per heavy atom. The standard InChI is InChI=1S/C19H19F2N3O3/c20-15-5-4-14(9-16(15)21)24-12-19(27-10-18(24)25)11-23(7-8-26-13-19)17-3-1-2-6-22-17/h1-6,9H,7-8,10-13H2. The van der Waals surface area contributed by atoms with Crippen LogP contribution in [0.15, 0.2) is 42.6 Å². The average molecular weight is 375 g/mol. The number of halogens is 2. The second-order valence-corrected chi connectivity index (χ2v) is 6.71. The molecular weight excluding hydrogens is 356 g/mol. The topological polar surface area (TPSA) is 54.9 Å². The van der Waals surface area contributed by atoms with Crippen molar-refractivity contribution in [2.75, 3.05) is 49.3 Å². The summed E-state index contributed by atoms with van der Waals surface area (Å²) in [5.74, 6) is -1.45. The van der Waals surface area contributed by atoms with Crippen molar-refractivity contribution in [2.45, 2.75) is 5.60 Å². The summed E-state index contributed by atoms with van der Waals surface area (Å²) in [4.78, 5) is 20.2. The van der Waals surface area contributed by atoms with E-state index >= 15 is 0 Å². The van der Waals surface area contributed by atoms with Crippen LogP contribution in [0.25, 0.3) is 0 Å². The first kappa shape index (κ1) is 17.8. The van der Waals surface area contributed by atoms with Gasteiger partial charge in [-0.1, -0.05) is 6.07 Å². The number of rotatable bonds is 2. The van der Waals surface area contributed by atoms with Crippen molar-refractivity contribution in [3.8, 4) is 0 Å². The summed E-state index contributed by atoms with van der Waals surface area (Å²) in [6, 6.07) is 9.08. The first-order valence-corrected chi connectivity index (χ1v) is 8.69. The van der Waals surface area contributed by atoms with E-state index in [0.717, 1.165) is 18.0 Å². The van der Waals surface area contributed by atoms with Crippen LogP contribution in [0.4, 0.5) is 20.3 Å². The first-order valence-electron chi connectivity index (χ1n) is 8.69. The van der Waals surface area contributed by atoms with E-state index in [9.17, 15) is 13.6 Å². The number of aromatic nitrogens is 1. The van der Waals surface area contributed by atoms with Crippen LogP contribution in [-0.2, 0) is 14.3 Å². The Morgan fingerprint density at radius 3 is 2.78 bits per heavy atom. The number of amides is 1. The molecule has 1 aromatic carbocycles. The summed E-state index contributed by atoms with van der Waals surface area (Å²) in [6.45, 7) is 1.93. The lowest BCUT2D eigenvalue weighted by Gasteiger charge is -2.43. The fourth-order valence-corrected chi connectivity index (χ4v) is 3.43. The van der Waals surface area contributed by atoms with E-state index < -0.39 is 17.2 Å². The molecule has 0 saturated carbocycles. The molecule has 142 valence electrons. The molecule has 8 heteroatoms. The van der Waals surface area contributed by atoms with E-state index in [0.29, 0.717) is 32.0 Å². The minimum atomic E-state index is -0.993. The molecular formula is C19H19F2N3O3. The Bertz CT molecular complexity index is 836. The van der Waals surface area contributed by atoms with Gasteiger partial charge in [0.25, 0.3) is 5.91 Å². The van der Waals surface area contributed by atoms with Gasteiger partial charge in [0, 0.05) is 24.5 Å². The van der Waals surface area contributed by atoms with Gasteiger partial charge < -0.3 is 19.3 Å². The lowest BCUT2D eigenvalue weighted by molar-refractivity contribution is -0.143. The molecule has 6 nitrogen and oxygen atoms in total. The number of ether oxygens (including phenoxy) is 2. The van der Waals surface area contributed by atoms with E-state index in [1.54, 1.807) is 6.20 Å². The number of hydrogen-bond acceptors (Lipinski definition) is 5. The smallest absolute Gasteiger partial charge is 0.253 e. The molecule has 1 spiro atoms. The quantitative estimate of drug-likeness (QED) is 0.804. The highest BCUT2D eigenvalue weighted by atomic mass is 19.2. The molecule has 2 aromatic rings. The predicted octanol–water partition coefficient (Wildman–Crippen LogP) is 2.00. The summed E-state index contributed by atoms with van der Waals surface area (Å²) in [5.41, 5.74) is -0.484. The highest BCUT2D eigenvalue weighted by Gasteiger charge is 2.43. The van der Waals surface area contributed by atoms with Crippen LogP contribution in [0.5, 0.6) is 0 Å². The normalized spacial score (nSPS) is 23.6. The number of hydrogen-bond donors (Lipinski definition) is 0. The molecule has 0 radical (unpaired) electrons. The third-order valence-electron chi connectivity index (χ3n) is 4.79. The van der Waals surface area contributed by atoms with Crippen molar-refractivity contribution >= 4 is 17.4 Å². The Morgan fingerprint density at radius 2 is 2.00 bits per heavy atom. The molecule has 0 bridgehead atoms. The van der Waals surface area contributed by atoms with Crippen molar-refractivity contribution < 1.29 is 23.0 Å². The van der Waals surface area contributed by atoms with E-state index in [-0.39, 0.29) is 19.1 Å². The van der Waals surface area contributed by atoms with Gasteiger partial charge in [-0.3, -0.25) is 4.79 Å². The Labute approximate surface area is 155 Å². The van der Waals surface area contributed by atoms with Crippen molar-refractivity contribution in [2.24, 2.45) is 0 Å². The van der Waals surface area contributed by atoms with Gasteiger partial charge in [0.05, 0.1) is 26.3 Å². The monoisotopic (exact) mass is 375 g/mol. The number of anilines is 2. The van der Waals surface area contributed by atoms with Gasteiger partial charge in [0.2, 0.25) is 0 Å². The van der Waals surface area contributed by atoms with Crippen molar-refractivity contribution in [1.29, 1.82) is 0 Å². The molecule has 3 heterocycles. The van der Waals surface area contributed by atoms with E-state index in [1.165, 1.54) is 11.0 Å².